The van der Waals surface area contributed by atoms with E-state index >= 15 is 0 Å². The minimum atomic E-state index is 0.606. The van der Waals surface area contributed by atoms with Gasteiger partial charge in [0, 0.05) is 23.8 Å². The van der Waals surface area contributed by atoms with Crippen molar-refractivity contribution in [3.8, 4) is 0 Å². The molecule has 0 amide bonds. The van der Waals surface area contributed by atoms with Crippen LogP contribution in [0.25, 0.3) is 0 Å². The molecule has 0 bridgehead atoms. The van der Waals surface area contributed by atoms with E-state index in [4.69, 9.17) is 11.6 Å². The lowest BCUT2D eigenvalue weighted by Crippen LogP contribution is -2.15. The van der Waals surface area contributed by atoms with Crippen molar-refractivity contribution in [2.45, 2.75) is 19.9 Å². The van der Waals surface area contributed by atoms with E-state index in [0.29, 0.717) is 4.47 Å². The van der Waals surface area contributed by atoms with Crippen LogP contribution in [0.15, 0.2) is 30.5 Å². The van der Waals surface area contributed by atoms with Crippen molar-refractivity contribution in [1.82, 2.24) is 4.98 Å². The normalized spacial score (nSPS) is 10.5. The van der Waals surface area contributed by atoms with Crippen LogP contribution in [0, 0.1) is 0 Å². The zero-order chi connectivity index (χ0) is 12.3. The zero-order valence-electron chi connectivity index (χ0n) is 9.98. The van der Waals surface area contributed by atoms with E-state index in [0.717, 1.165) is 13.0 Å². The molecule has 0 unspecified atom stereocenters. The lowest BCUT2D eigenvalue weighted by atomic mass is 10.1. The van der Waals surface area contributed by atoms with Crippen LogP contribution in [0.5, 0.6) is 0 Å². The van der Waals surface area contributed by atoms with Crippen LogP contribution in [0.4, 0.5) is 5.69 Å². The van der Waals surface area contributed by atoms with Gasteiger partial charge in [-0.05, 0) is 24.1 Å². The zero-order valence-corrected chi connectivity index (χ0v) is 11.6. The third-order valence-corrected chi connectivity index (χ3v) is 3.80. The highest BCUT2D eigenvalue weighted by molar-refractivity contribution is 7.15. The number of aromatic nitrogens is 1. The Kier molecular flexibility index (Phi) is 4.02. The molecule has 0 saturated heterocycles. The maximum absolute atomic E-state index is 5.82. The Bertz CT molecular complexity index is 478. The smallest absolute Gasteiger partial charge is 0.183 e. The minimum Gasteiger partial charge on any atom is -0.369 e. The van der Waals surface area contributed by atoms with Crippen molar-refractivity contribution in [2.75, 3.05) is 11.9 Å². The van der Waals surface area contributed by atoms with Gasteiger partial charge >= 0.3 is 0 Å². The molecule has 17 heavy (non-hydrogen) atoms. The predicted octanol–water partition coefficient (Wildman–Crippen LogP) is 4.00. The van der Waals surface area contributed by atoms with Gasteiger partial charge < -0.3 is 4.90 Å². The molecule has 0 aliphatic carbocycles. The lowest BCUT2D eigenvalue weighted by molar-refractivity contribution is 0.935. The molecule has 0 spiro atoms. The van der Waals surface area contributed by atoms with Gasteiger partial charge in [0.1, 0.15) is 0 Å². The molecule has 1 aromatic carbocycles. The number of hydrogen-bond donors (Lipinski definition) is 0. The molecule has 0 N–H and O–H groups in total. The van der Waals surface area contributed by atoms with Crippen LogP contribution in [0.1, 0.15) is 17.4 Å². The monoisotopic (exact) mass is 266 g/mol. The summed E-state index contributed by atoms with van der Waals surface area (Å²) < 4.78 is 0.606. The standard InChI is InChI=1S/C13H15ClN2S/c1-3-10-4-6-11(7-5-10)16(2)9-12-8-15-13(14)17-12/h4-8H,3,9H2,1-2H3. The first kappa shape index (κ1) is 12.4. The van der Waals surface area contributed by atoms with E-state index in [1.807, 2.05) is 6.20 Å². The number of rotatable bonds is 4. The molecule has 2 aromatic rings. The van der Waals surface area contributed by atoms with Crippen molar-refractivity contribution in [1.29, 1.82) is 0 Å². The second kappa shape index (κ2) is 5.52. The number of nitrogens with zero attached hydrogens (tertiary/aromatic N) is 2. The van der Waals surface area contributed by atoms with Gasteiger partial charge in [-0.15, -0.1) is 11.3 Å². The number of aryl methyl sites for hydroxylation is 1. The van der Waals surface area contributed by atoms with Gasteiger partial charge in [0.15, 0.2) is 4.47 Å². The highest BCUT2D eigenvalue weighted by Gasteiger charge is 2.05. The van der Waals surface area contributed by atoms with E-state index < -0.39 is 0 Å². The van der Waals surface area contributed by atoms with Gasteiger partial charge in [-0.3, -0.25) is 0 Å². The number of anilines is 1. The minimum absolute atomic E-state index is 0.606. The Labute approximate surface area is 111 Å². The summed E-state index contributed by atoms with van der Waals surface area (Å²) in [5, 5.41) is 0. The highest BCUT2D eigenvalue weighted by Crippen LogP contribution is 2.22. The van der Waals surface area contributed by atoms with Gasteiger partial charge in [0.2, 0.25) is 0 Å². The summed E-state index contributed by atoms with van der Waals surface area (Å²) in [5.74, 6) is 0. The molecule has 0 aliphatic heterocycles. The molecular formula is C13H15ClN2S. The van der Waals surface area contributed by atoms with E-state index in [1.165, 1.54) is 27.5 Å². The van der Waals surface area contributed by atoms with Crippen molar-refractivity contribution in [3.63, 3.8) is 0 Å². The Morgan fingerprint density at radius 2 is 2.00 bits per heavy atom. The fraction of sp³-hybridized carbons (Fsp3) is 0.308. The number of halogens is 1. The van der Waals surface area contributed by atoms with Crippen LogP contribution in [0.3, 0.4) is 0 Å². The van der Waals surface area contributed by atoms with Gasteiger partial charge in [0.25, 0.3) is 0 Å². The molecule has 0 radical (unpaired) electrons. The average Bonchev–Trinajstić information content (AvgIpc) is 2.75. The summed E-state index contributed by atoms with van der Waals surface area (Å²) in [6, 6.07) is 8.65. The fourth-order valence-electron chi connectivity index (χ4n) is 1.67. The first-order valence-electron chi connectivity index (χ1n) is 5.59. The summed E-state index contributed by atoms with van der Waals surface area (Å²) in [7, 11) is 2.08. The summed E-state index contributed by atoms with van der Waals surface area (Å²) in [5.41, 5.74) is 2.58. The van der Waals surface area contributed by atoms with E-state index in [-0.39, 0.29) is 0 Å². The first-order valence-corrected chi connectivity index (χ1v) is 6.78. The Morgan fingerprint density at radius 3 is 2.53 bits per heavy atom. The first-order chi connectivity index (χ1) is 8.19. The molecule has 2 nitrogen and oxygen atoms in total. The third-order valence-electron chi connectivity index (χ3n) is 2.70. The van der Waals surface area contributed by atoms with Crippen LogP contribution >= 0.6 is 22.9 Å². The molecule has 1 heterocycles. The fourth-order valence-corrected chi connectivity index (χ4v) is 2.70. The van der Waals surface area contributed by atoms with Gasteiger partial charge in [-0.25, -0.2) is 4.98 Å². The molecule has 0 fully saturated rings. The van der Waals surface area contributed by atoms with Crippen molar-refractivity contribution in [2.24, 2.45) is 0 Å². The second-order valence-electron chi connectivity index (χ2n) is 3.96. The third kappa shape index (κ3) is 3.20. The molecule has 0 atom stereocenters. The Hall–Kier alpha value is -1.06. The number of hydrogen-bond acceptors (Lipinski definition) is 3. The summed E-state index contributed by atoms with van der Waals surface area (Å²) in [6.45, 7) is 3.01. The van der Waals surface area contributed by atoms with Crippen molar-refractivity contribution in [3.05, 3.63) is 45.4 Å². The van der Waals surface area contributed by atoms with Crippen LogP contribution in [-0.2, 0) is 13.0 Å². The average molecular weight is 267 g/mol. The molecule has 4 heteroatoms. The van der Waals surface area contributed by atoms with Crippen molar-refractivity contribution < 1.29 is 0 Å². The molecular weight excluding hydrogens is 252 g/mol. The second-order valence-corrected chi connectivity index (χ2v) is 5.65. The maximum Gasteiger partial charge on any atom is 0.183 e. The topological polar surface area (TPSA) is 16.1 Å². The van der Waals surface area contributed by atoms with Gasteiger partial charge in [-0.2, -0.15) is 0 Å². The SMILES string of the molecule is CCc1ccc(N(C)Cc2cnc(Cl)s2)cc1. The predicted molar refractivity (Wildman–Crippen MR) is 75.1 cm³/mol. The number of benzene rings is 1. The van der Waals surface area contributed by atoms with Gasteiger partial charge in [-0.1, -0.05) is 30.7 Å². The Morgan fingerprint density at radius 1 is 1.29 bits per heavy atom. The highest BCUT2D eigenvalue weighted by atomic mass is 35.5. The molecule has 90 valence electrons. The molecule has 1 aromatic heterocycles. The van der Waals surface area contributed by atoms with Crippen molar-refractivity contribution >= 4 is 28.6 Å². The quantitative estimate of drug-likeness (QED) is 0.832. The van der Waals surface area contributed by atoms with E-state index in [1.54, 1.807) is 0 Å². The molecule has 0 saturated carbocycles. The number of thiazole rings is 1. The summed E-state index contributed by atoms with van der Waals surface area (Å²) >= 11 is 7.35. The van der Waals surface area contributed by atoms with E-state index in [9.17, 15) is 0 Å². The molecule has 2 rings (SSSR count). The maximum atomic E-state index is 5.82. The van der Waals surface area contributed by atoms with Gasteiger partial charge in [0.05, 0.1) is 6.54 Å². The molecule has 0 aliphatic rings. The van der Waals surface area contributed by atoms with E-state index in [2.05, 4.69) is 48.1 Å². The lowest BCUT2D eigenvalue weighted by Gasteiger charge is -2.18. The van der Waals surface area contributed by atoms with Crippen LogP contribution in [0.2, 0.25) is 4.47 Å². The largest absolute Gasteiger partial charge is 0.369 e. The summed E-state index contributed by atoms with van der Waals surface area (Å²) in [6.07, 6.45) is 2.92. The Balaban J connectivity index is 2.06. The summed E-state index contributed by atoms with van der Waals surface area (Å²) in [4.78, 5) is 7.42. The van der Waals surface area contributed by atoms with Crippen LogP contribution < -0.4 is 4.90 Å². The van der Waals surface area contributed by atoms with Crippen LogP contribution in [-0.4, -0.2) is 12.0 Å².